The first-order valence-corrected chi connectivity index (χ1v) is 19.2. The van der Waals surface area contributed by atoms with Crippen molar-refractivity contribution in [3.8, 4) is 17.6 Å². The van der Waals surface area contributed by atoms with Crippen LogP contribution in [0, 0.1) is 17.8 Å². The lowest BCUT2D eigenvalue weighted by atomic mass is 9.83. The van der Waals surface area contributed by atoms with Crippen molar-refractivity contribution < 1.29 is 48.3 Å². The lowest BCUT2D eigenvalue weighted by Crippen LogP contribution is -2.56. The van der Waals surface area contributed by atoms with Crippen LogP contribution in [0.3, 0.4) is 0 Å². The molecule has 53 heavy (non-hydrogen) atoms. The molecule has 0 aliphatic carbocycles. The van der Waals surface area contributed by atoms with Gasteiger partial charge in [0.1, 0.15) is 18.4 Å². The molecule has 1 aromatic carbocycles. The number of hydrogen-bond acceptors (Lipinski definition) is 9. The number of nitrogens with one attached hydrogen (secondary N) is 2. The van der Waals surface area contributed by atoms with Crippen LogP contribution in [0.5, 0.6) is 5.75 Å². The lowest BCUT2D eigenvalue weighted by molar-refractivity contribution is -0.169. The molecular formula is C41H64N2O10. The second kappa shape index (κ2) is 26.3. The van der Waals surface area contributed by atoms with Gasteiger partial charge in [-0.05, 0) is 50.3 Å². The third kappa shape index (κ3) is 17.0. The van der Waals surface area contributed by atoms with Crippen molar-refractivity contribution in [1.82, 2.24) is 10.6 Å². The van der Waals surface area contributed by atoms with Crippen molar-refractivity contribution in [3.05, 3.63) is 42.0 Å². The number of carboxylic acid groups (broad SMARTS) is 1. The van der Waals surface area contributed by atoms with Gasteiger partial charge >= 0.3 is 5.97 Å². The maximum absolute atomic E-state index is 13.9. The van der Waals surface area contributed by atoms with Gasteiger partial charge in [-0.2, -0.15) is 0 Å². The minimum atomic E-state index is -2.47. The molecule has 1 fully saturated rings. The maximum Gasteiger partial charge on any atom is 0.336 e. The number of carbonyl (C=O) groups excluding carboxylic acids is 2. The summed E-state index contributed by atoms with van der Waals surface area (Å²) in [5.41, 5.74) is -1.74. The number of benzene rings is 1. The Labute approximate surface area is 316 Å². The maximum atomic E-state index is 13.9. The highest BCUT2D eigenvalue weighted by atomic mass is 16.7. The Morgan fingerprint density at radius 2 is 1.58 bits per heavy atom. The highest BCUT2D eigenvalue weighted by Gasteiger charge is 2.47. The number of aliphatic hydroxyl groups is 1. The van der Waals surface area contributed by atoms with Crippen molar-refractivity contribution in [2.75, 3.05) is 53.8 Å². The van der Waals surface area contributed by atoms with E-state index < -0.39 is 41.1 Å². The van der Waals surface area contributed by atoms with E-state index in [9.17, 15) is 24.6 Å². The van der Waals surface area contributed by atoms with Gasteiger partial charge in [0, 0.05) is 53.1 Å². The van der Waals surface area contributed by atoms with Crippen molar-refractivity contribution in [3.63, 3.8) is 0 Å². The molecule has 0 bridgehead atoms. The predicted molar refractivity (Wildman–Crippen MR) is 203 cm³/mol. The van der Waals surface area contributed by atoms with E-state index in [0.29, 0.717) is 25.4 Å². The van der Waals surface area contributed by atoms with E-state index >= 15 is 0 Å². The van der Waals surface area contributed by atoms with Crippen molar-refractivity contribution in [2.24, 2.45) is 5.92 Å². The molecule has 12 heteroatoms. The van der Waals surface area contributed by atoms with Gasteiger partial charge < -0.3 is 44.5 Å². The van der Waals surface area contributed by atoms with Gasteiger partial charge in [-0.3, -0.25) is 9.59 Å². The molecule has 1 aliphatic heterocycles. The van der Waals surface area contributed by atoms with Crippen LogP contribution in [0.2, 0.25) is 0 Å². The molecule has 1 aromatic rings. The molecule has 0 radical (unpaired) electrons. The smallest absolute Gasteiger partial charge is 0.336 e. The van der Waals surface area contributed by atoms with E-state index in [2.05, 4.69) is 29.4 Å². The second-order valence-electron chi connectivity index (χ2n) is 13.5. The van der Waals surface area contributed by atoms with Crippen LogP contribution >= 0.6 is 0 Å². The normalized spacial score (nSPS) is 15.9. The number of ether oxygens (including phenoxy) is 5. The highest BCUT2D eigenvalue weighted by molar-refractivity contribution is 5.93. The van der Waals surface area contributed by atoms with E-state index in [4.69, 9.17) is 23.7 Å². The molecule has 12 nitrogen and oxygen atoms in total. The summed E-state index contributed by atoms with van der Waals surface area (Å²) >= 11 is 0. The van der Waals surface area contributed by atoms with Gasteiger partial charge in [0.25, 0.3) is 0 Å². The molecule has 2 amide bonds. The Hall–Kier alpha value is -3.47. The van der Waals surface area contributed by atoms with Crippen molar-refractivity contribution in [1.29, 1.82) is 0 Å². The van der Waals surface area contributed by atoms with Crippen LogP contribution in [0.4, 0.5) is 0 Å². The number of amides is 2. The summed E-state index contributed by atoms with van der Waals surface area (Å²) in [6, 6.07) is 5.99. The fourth-order valence-corrected chi connectivity index (χ4v) is 6.29. The van der Waals surface area contributed by atoms with Gasteiger partial charge in [-0.25, -0.2) is 4.79 Å². The molecule has 4 N–H and O–H groups in total. The number of aliphatic carboxylic acids is 1. The number of hydrogen-bond donors (Lipinski definition) is 4. The van der Waals surface area contributed by atoms with Crippen LogP contribution < -0.4 is 15.4 Å². The summed E-state index contributed by atoms with van der Waals surface area (Å²) in [6.45, 7) is 5.84. The Morgan fingerprint density at radius 3 is 2.19 bits per heavy atom. The fourth-order valence-electron chi connectivity index (χ4n) is 6.29. The lowest BCUT2D eigenvalue weighted by Gasteiger charge is -2.31. The minimum absolute atomic E-state index is 0.0900. The Kier molecular flexibility index (Phi) is 22.7. The molecule has 3 atom stereocenters. The summed E-state index contributed by atoms with van der Waals surface area (Å²) in [5, 5.41) is 27.1. The number of unbranched alkanes of at least 4 members (excludes halogenated alkanes) is 8. The average Bonchev–Trinajstić information content (AvgIpc) is 3.62. The van der Waals surface area contributed by atoms with E-state index in [-0.39, 0.29) is 39.2 Å². The Morgan fingerprint density at radius 1 is 0.943 bits per heavy atom. The summed E-state index contributed by atoms with van der Waals surface area (Å²) in [5.74, 6) is 1.43. The summed E-state index contributed by atoms with van der Waals surface area (Å²) in [7, 11) is 2.90. The molecule has 0 spiro atoms. The SMILES string of the molecule is CC#CCOc1ccc(C[C@H](NC(=O)C(C=CCCCCCCC2(CCCCCCC)OCCO2)C(O)(CCOC)C(=O)O)C(=O)NCCOC)cc1. The van der Waals surface area contributed by atoms with Crippen LogP contribution in [0.1, 0.15) is 103 Å². The quantitative estimate of drug-likeness (QED) is 0.0479. The van der Waals surface area contributed by atoms with Gasteiger partial charge in [0.15, 0.2) is 11.4 Å². The monoisotopic (exact) mass is 744 g/mol. The number of carbonyl (C=O) groups is 3. The molecule has 0 aromatic heterocycles. The number of carboxylic acids is 1. The Bertz CT molecular complexity index is 1290. The number of rotatable bonds is 29. The molecule has 0 saturated carbocycles. The van der Waals surface area contributed by atoms with Crippen molar-refractivity contribution in [2.45, 2.75) is 121 Å². The van der Waals surface area contributed by atoms with Crippen molar-refractivity contribution >= 4 is 17.8 Å². The van der Waals surface area contributed by atoms with Gasteiger partial charge in [-0.1, -0.05) is 75.7 Å². The van der Waals surface area contributed by atoms with E-state index in [0.717, 1.165) is 50.5 Å². The topological polar surface area (TPSA) is 162 Å². The molecule has 2 unspecified atom stereocenters. The summed E-state index contributed by atoms with van der Waals surface area (Å²) in [4.78, 5) is 39.7. The zero-order valence-electron chi connectivity index (χ0n) is 32.4. The van der Waals surface area contributed by atoms with Gasteiger partial charge in [0.05, 0.1) is 25.7 Å². The average molecular weight is 745 g/mol. The molecule has 298 valence electrons. The molecule has 1 heterocycles. The predicted octanol–water partition coefficient (Wildman–Crippen LogP) is 5.35. The largest absolute Gasteiger partial charge is 0.481 e. The van der Waals surface area contributed by atoms with E-state index in [1.807, 2.05) is 0 Å². The van der Waals surface area contributed by atoms with E-state index in [1.165, 1.54) is 46.0 Å². The van der Waals surface area contributed by atoms with Gasteiger partial charge in [0.2, 0.25) is 11.8 Å². The zero-order chi connectivity index (χ0) is 38.8. The zero-order valence-corrected chi connectivity index (χ0v) is 32.4. The molecule has 2 rings (SSSR count). The number of methoxy groups -OCH3 is 2. The second-order valence-corrected chi connectivity index (χ2v) is 13.5. The third-order valence-corrected chi connectivity index (χ3v) is 9.43. The minimum Gasteiger partial charge on any atom is -0.481 e. The van der Waals surface area contributed by atoms with Crippen LogP contribution in [0.25, 0.3) is 0 Å². The Balaban J connectivity index is 2.09. The fraction of sp³-hybridized carbons (Fsp3) is 0.683. The first-order valence-electron chi connectivity index (χ1n) is 19.2. The van der Waals surface area contributed by atoms with Crippen LogP contribution in [-0.4, -0.2) is 99.2 Å². The first-order chi connectivity index (χ1) is 25.6. The number of allylic oxidation sites excluding steroid dienone is 1. The van der Waals surface area contributed by atoms with Crippen LogP contribution in [-0.2, 0) is 39.8 Å². The standard InChI is InChI=1S/C41H64N2O10/c1-5-7-9-13-16-23-40(52-30-31-53-40)24-17-14-11-10-12-15-18-35(41(48,39(46)47)25-28-49-3)37(44)43-36(38(45)42-26-29-50-4)32-33-19-21-34(22-20-33)51-27-8-6-2/h15,18-22,35-36,48H,5,7,9-14,16-17,23-32H2,1-4H3,(H,42,45)(H,43,44)(H,46,47)/t35?,36-,41?/m0/s1. The van der Waals surface area contributed by atoms with Gasteiger partial charge in [-0.15, -0.1) is 5.92 Å². The molecular weight excluding hydrogens is 680 g/mol. The molecule has 1 saturated heterocycles. The molecule has 1 aliphatic rings. The summed E-state index contributed by atoms with van der Waals surface area (Å²) < 4.78 is 27.8. The first kappa shape index (κ1) is 45.7. The van der Waals surface area contributed by atoms with E-state index in [1.54, 1.807) is 37.3 Å². The third-order valence-electron chi connectivity index (χ3n) is 9.43. The van der Waals surface area contributed by atoms with Crippen LogP contribution in [0.15, 0.2) is 36.4 Å². The highest BCUT2D eigenvalue weighted by Crippen LogP contribution is 2.32. The summed E-state index contributed by atoms with van der Waals surface area (Å²) in [6.07, 6.45) is 15.0.